The SMILES string of the molecule is CC1(NC(=O)c2cc(S(=O)(=O)Cl)c(Br)cc2F)CCOC1. The molecular weight excluding hydrogens is 389 g/mol. The molecule has 2 rings (SSSR count). The molecule has 1 fully saturated rings. The van der Waals surface area contributed by atoms with Gasteiger partial charge in [0.05, 0.1) is 22.6 Å². The summed E-state index contributed by atoms with van der Waals surface area (Å²) >= 11 is 2.91. The van der Waals surface area contributed by atoms with Gasteiger partial charge in [0.25, 0.3) is 15.0 Å². The number of carbonyl (C=O) groups is 1. The molecule has 1 atom stereocenters. The zero-order valence-corrected chi connectivity index (χ0v) is 14.1. The first kappa shape index (κ1) is 16.7. The predicted molar refractivity (Wildman–Crippen MR) is 78.4 cm³/mol. The van der Waals surface area contributed by atoms with Gasteiger partial charge in [-0.3, -0.25) is 4.79 Å². The number of rotatable bonds is 3. The van der Waals surface area contributed by atoms with E-state index >= 15 is 0 Å². The molecule has 0 spiro atoms. The van der Waals surface area contributed by atoms with Crippen molar-refractivity contribution in [3.63, 3.8) is 0 Å². The van der Waals surface area contributed by atoms with Crippen LogP contribution in [0.15, 0.2) is 21.5 Å². The van der Waals surface area contributed by atoms with E-state index in [4.69, 9.17) is 15.4 Å². The lowest BCUT2D eigenvalue weighted by Gasteiger charge is -2.23. The minimum absolute atomic E-state index is 0.0399. The van der Waals surface area contributed by atoms with Crippen LogP contribution in [-0.4, -0.2) is 33.1 Å². The molecule has 0 aromatic heterocycles. The summed E-state index contributed by atoms with van der Waals surface area (Å²) in [7, 11) is 1.16. The maximum Gasteiger partial charge on any atom is 0.262 e. The molecule has 1 aromatic carbocycles. The fourth-order valence-electron chi connectivity index (χ4n) is 2.00. The van der Waals surface area contributed by atoms with Crippen LogP contribution >= 0.6 is 26.6 Å². The molecule has 1 aromatic rings. The molecule has 1 aliphatic heterocycles. The summed E-state index contributed by atoms with van der Waals surface area (Å²) in [6.07, 6.45) is 0.595. The second-order valence-corrected chi connectivity index (χ2v) is 8.41. The summed E-state index contributed by atoms with van der Waals surface area (Å²) in [5.41, 5.74) is -0.984. The van der Waals surface area contributed by atoms with Gasteiger partial charge in [-0.15, -0.1) is 0 Å². The average molecular weight is 401 g/mol. The van der Waals surface area contributed by atoms with Crippen LogP contribution in [0.25, 0.3) is 0 Å². The number of hydrogen-bond donors (Lipinski definition) is 1. The maximum absolute atomic E-state index is 13.9. The third kappa shape index (κ3) is 3.74. The second-order valence-electron chi connectivity index (χ2n) is 5.02. The Bertz CT molecular complexity index is 689. The highest BCUT2D eigenvalue weighted by Crippen LogP contribution is 2.28. The van der Waals surface area contributed by atoms with Crippen molar-refractivity contribution >= 4 is 41.6 Å². The highest BCUT2D eigenvalue weighted by Gasteiger charge is 2.32. The molecule has 1 N–H and O–H groups in total. The minimum Gasteiger partial charge on any atom is -0.379 e. The van der Waals surface area contributed by atoms with E-state index in [1.54, 1.807) is 6.92 Å². The van der Waals surface area contributed by atoms with Crippen molar-refractivity contribution in [1.82, 2.24) is 5.32 Å². The third-order valence-electron chi connectivity index (χ3n) is 3.16. The Morgan fingerprint density at radius 3 is 2.71 bits per heavy atom. The van der Waals surface area contributed by atoms with E-state index in [0.717, 1.165) is 12.1 Å². The van der Waals surface area contributed by atoms with Crippen LogP contribution in [0.1, 0.15) is 23.7 Å². The molecule has 0 saturated carbocycles. The second kappa shape index (κ2) is 5.83. The van der Waals surface area contributed by atoms with E-state index < -0.39 is 26.3 Å². The molecule has 1 aliphatic rings. The van der Waals surface area contributed by atoms with Gasteiger partial charge in [0.15, 0.2) is 0 Å². The fourth-order valence-corrected chi connectivity index (χ4v) is 4.16. The number of carbonyl (C=O) groups excluding carboxylic acids is 1. The van der Waals surface area contributed by atoms with Crippen LogP contribution in [0, 0.1) is 5.82 Å². The average Bonchev–Trinajstić information content (AvgIpc) is 2.73. The predicted octanol–water partition coefficient (Wildman–Crippen LogP) is 2.42. The van der Waals surface area contributed by atoms with Crippen LogP contribution in [0.5, 0.6) is 0 Å². The smallest absolute Gasteiger partial charge is 0.262 e. The van der Waals surface area contributed by atoms with Gasteiger partial charge in [-0.25, -0.2) is 12.8 Å². The van der Waals surface area contributed by atoms with Crippen LogP contribution in [-0.2, 0) is 13.8 Å². The van der Waals surface area contributed by atoms with Crippen LogP contribution < -0.4 is 5.32 Å². The molecule has 21 heavy (non-hydrogen) atoms. The van der Waals surface area contributed by atoms with Crippen LogP contribution in [0.3, 0.4) is 0 Å². The summed E-state index contributed by atoms with van der Waals surface area (Å²) in [6.45, 7) is 2.59. The number of hydrogen-bond acceptors (Lipinski definition) is 4. The third-order valence-corrected chi connectivity index (χ3v) is 5.44. The first-order chi connectivity index (χ1) is 9.62. The Morgan fingerprint density at radius 1 is 1.52 bits per heavy atom. The maximum atomic E-state index is 13.9. The molecule has 116 valence electrons. The minimum atomic E-state index is -4.09. The van der Waals surface area contributed by atoms with Crippen molar-refractivity contribution in [2.75, 3.05) is 13.2 Å². The van der Waals surface area contributed by atoms with Gasteiger partial charge in [0.2, 0.25) is 0 Å². The quantitative estimate of drug-likeness (QED) is 0.791. The Labute approximate surface area is 134 Å². The van der Waals surface area contributed by atoms with Gasteiger partial charge < -0.3 is 10.1 Å². The summed E-state index contributed by atoms with van der Waals surface area (Å²) in [4.78, 5) is 11.8. The zero-order valence-electron chi connectivity index (χ0n) is 11.0. The molecule has 0 aliphatic carbocycles. The summed E-state index contributed by atoms with van der Waals surface area (Å²) < 4.78 is 41.9. The standard InChI is InChI=1S/C12H12BrClFNO4S/c1-12(2-3-20-6-12)16-11(17)7-4-10(21(14,18)19)8(13)5-9(7)15/h4-5H,2-3,6H2,1H3,(H,16,17). The largest absolute Gasteiger partial charge is 0.379 e. The van der Waals surface area contributed by atoms with Gasteiger partial charge in [0.1, 0.15) is 5.82 Å². The van der Waals surface area contributed by atoms with E-state index in [-0.39, 0.29) is 14.9 Å². The van der Waals surface area contributed by atoms with E-state index in [1.807, 2.05) is 0 Å². The van der Waals surface area contributed by atoms with Crippen molar-refractivity contribution in [2.24, 2.45) is 0 Å². The zero-order chi connectivity index (χ0) is 15.8. The van der Waals surface area contributed by atoms with Gasteiger partial charge in [0, 0.05) is 21.8 Å². The van der Waals surface area contributed by atoms with E-state index in [0.29, 0.717) is 19.6 Å². The lowest BCUT2D eigenvalue weighted by atomic mass is 10.0. The van der Waals surface area contributed by atoms with E-state index in [2.05, 4.69) is 21.2 Å². The van der Waals surface area contributed by atoms with Gasteiger partial charge in [-0.2, -0.15) is 0 Å². The number of halogens is 3. The van der Waals surface area contributed by atoms with Crippen molar-refractivity contribution in [1.29, 1.82) is 0 Å². The van der Waals surface area contributed by atoms with Crippen molar-refractivity contribution in [2.45, 2.75) is 23.8 Å². The van der Waals surface area contributed by atoms with Gasteiger partial charge >= 0.3 is 0 Å². The normalized spacial score (nSPS) is 22.3. The Kier molecular flexibility index (Phi) is 4.63. The van der Waals surface area contributed by atoms with Crippen molar-refractivity contribution in [3.8, 4) is 0 Å². The first-order valence-electron chi connectivity index (χ1n) is 5.96. The molecule has 5 nitrogen and oxygen atoms in total. The lowest BCUT2D eigenvalue weighted by Crippen LogP contribution is -2.46. The summed E-state index contributed by atoms with van der Waals surface area (Å²) in [5, 5.41) is 2.65. The monoisotopic (exact) mass is 399 g/mol. The molecule has 1 heterocycles. The molecule has 9 heteroatoms. The van der Waals surface area contributed by atoms with E-state index in [1.165, 1.54) is 0 Å². The molecule has 1 amide bonds. The number of nitrogens with one attached hydrogen (secondary N) is 1. The highest BCUT2D eigenvalue weighted by atomic mass is 79.9. The number of benzene rings is 1. The molecule has 1 saturated heterocycles. The fraction of sp³-hybridized carbons (Fsp3) is 0.417. The van der Waals surface area contributed by atoms with Gasteiger partial charge in [-0.05, 0) is 41.4 Å². The molecule has 0 radical (unpaired) electrons. The summed E-state index contributed by atoms with van der Waals surface area (Å²) in [5.74, 6) is -1.56. The highest BCUT2D eigenvalue weighted by molar-refractivity contribution is 9.10. The van der Waals surface area contributed by atoms with Crippen molar-refractivity contribution in [3.05, 3.63) is 28.0 Å². The molecule has 1 unspecified atom stereocenters. The van der Waals surface area contributed by atoms with Gasteiger partial charge in [-0.1, -0.05) is 0 Å². The Morgan fingerprint density at radius 2 is 2.19 bits per heavy atom. The van der Waals surface area contributed by atoms with E-state index in [9.17, 15) is 17.6 Å². The van der Waals surface area contributed by atoms with Crippen LogP contribution in [0.4, 0.5) is 4.39 Å². The molecular formula is C12H12BrClFNO4S. The Balaban J connectivity index is 2.37. The van der Waals surface area contributed by atoms with Crippen molar-refractivity contribution < 1.29 is 22.3 Å². The summed E-state index contributed by atoms with van der Waals surface area (Å²) in [6, 6.07) is 1.81. The molecule has 0 bridgehead atoms. The lowest BCUT2D eigenvalue weighted by molar-refractivity contribution is 0.0885. The number of amides is 1. The Hall–Kier alpha value is -0.700. The van der Waals surface area contributed by atoms with Crippen LogP contribution in [0.2, 0.25) is 0 Å². The number of ether oxygens (including phenoxy) is 1. The topological polar surface area (TPSA) is 72.5 Å². The first-order valence-corrected chi connectivity index (χ1v) is 9.07.